The van der Waals surface area contributed by atoms with E-state index in [0.29, 0.717) is 32.1 Å². The summed E-state index contributed by atoms with van der Waals surface area (Å²) >= 11 is 1.79. The summed E-state index contributed by atoms with van der Waals surface area (Å²) in [4.78, 5) is 20.6. The van der Waals surface area contributed by atoms with Crippen LogP contribution in [0.2, 0.25) is 0 Å². The van der Waals surface area contributed by atoms with Crippen molar-refractivity contribution in [3.63, 3.8) is 0 Å². The third kappa shape index (κ3) is 5.97. The van der Waals surface area contributed by atoms with Crippen LogP contribution in [0.25, 0.3) is 0 Å². The van der Waals surface area contributed by atoms with E-state index >= 15 is 0 Å². The SMILES string of the molecule is CCNC(=NCc1ccccc1OCC)NCCC(=O)N1CCc2sccc2C1. The van der Waals surface area contributed by atoms with Gasteiger partial charge in [-0.1, -0.05) is 18.2 Å². The van der Waals surface area contributed by atoms with E-state index in [1.54, 1.807) is 11.3 Å². The molecule has 0 spiro atoms. The third-order valence-corrected chi connectivity index (χ3v) is 5.84. The Hall–Kier alpha value is -2.54. The summed E-state index contributed by atoms with van der Waals surface area (Å²) in [5.74, 6) is 1.76. The molecule has 1 aliphatic rings. The highest BCUT2D eigenvalue weighted by atomic mass is 32.1. The number of hydrogen-bond acceptors (Lipinski definition) is 4. The second kappa shape index (κ2) is 10.9. The molecule has 0 bridgehead atoms. The molecular formula is C22H30N4O2S. The Labute approximate surface area is 177 Å². The number of ether oxygens (including phenoxy) is 1. The zero-order chi connectivity index (χ0) is 20.5. The predicted octanol–water partition coefficient (Wildman–Crippen LogP) is 3.18. The normalized spacial score (nSPS) is 13.7. The topological polar surface area (TPSA) is 66.0 Å². The number of guanidine groups is 1. The van der Waals surface area contributed by atoms with Crippen LogP contribution in [0.5, 0.6) is 5.75 Å². The standard InChI is InChI=1S/C22H30N4O2S/c1-3-23-22(25-15-17-7-5-6-8-19(17)28-4-2)24-12-9-21(27)26-13-10-20-18(16-26)11-14-29-20/h5-8,11,14H,3-4,9-10,12-13,15-16H2,1-2H3,(H2,23,24,25). The molecule has 0 atom stereocenters. The van der Waals surface area contributed by atoms with E-state index in [0.717, 1.165) is 37.4 Å². The summed E-state index contributed by atoms with van der Waals surface area (Å²) in [5, 5.41) is 8.63. The van der Waals surface area contributed by atoms with Crippen LogP contribution < -0.4 is 15.4 Å². The summed E-state index contributed by atoms with van der Waals surface area (Å²) in [6.07, 6.45) is 1.43. The number of rotatable bonds is 8. The number of amides is 1. The van der Waals surface area contributed by atoms with Crippen LogP contribution in [-0.2, 0) is 24.3 Å². The van der Waals surface area contributed by atoms with E-state index in [1.807, 2.05) is 43.0 Å². The van der Waals surface area contributed by atoms with Gasteiger partial charge in [-0.25, -0.2) is 4.99 Å². The van der Waals surface area contributed by atoms with Crippen LogP contribution in [0.4, 0.5) is 0 Å². The highest BCUT2D eigenvalue weighted by Gasteiger charge is 2.21. The first-order valence-corrected chi connectivity index (χ1v) is 11.1. The van der Waals surface area contributed by atoms with Crippen molar-refractivity contribution in [1.29, 1.82) is 0 Å². The molecule has 2 N–H and O–H groups in total. The lowest BCUT2D eigenvalue weighted by Gasteiger charge is -2.27. The summed E-state index contributed by atoms with van der Waals surface area (Å²) in [6.45, 7) is 8.03. The number of hydrogen-bond donors (Lipinski definition) is 2. The largest absolute Gasteiger partial charge is 0.494 e. The number of carbonyl (C=O) groups excluding carboxylic acids is 1. The first kappa shape index (κ1) is 21.2. The molecule has 1 aromatic heterocycles. The molecule has 3 rings (SSSR count). The van der Waals surface area contributed by atoms with Crippen molar-refractivity contribution in [2.45, 2.75) is 39.8 Å². The fraction of sp³-hybridized carbons (Fsp3) is 0.455. The molecule has 0 fully saturated rings. The third-order valence-electron chi connectivity index (χ3n) is 4.82. The minimum absolute atomic E-state index is 0.187. The lowest BCUT2D eigenvalue weighted by molar-refractivity contribution is -0.131. The maximum atomic E-state index is 12.6. The summed E-state index contributed by atoms with van der Waals surface area (Å²) in [7, 11) is 0. The summed E-state index contributed by atoms with van der Waals surface area (Å²) in [6, 6.07) is 10.1. The van der Waals surface area contributed by atoms with E-state index in [-0.39, 0.29) is 5.91 Å². The maximum absolute atomic E-state index is 12.6. The molecule has 2 aromatic rings. The molecule has 2 heterocycles. The van der Waals surface area contributed by atoms with E-state index < -0.39 is 0 Å². The van der Waals surface area contributed by atoms with Crippen molar-refractivity contribution in [1.82, 2.24) is 15.5 Å². The van der Waals surface area contributed by atoms with Crippen molar-refractivity contribution >= 4 is 23.2 Å². The monoisotopic (exact) mass is 414 g/mol. The molecule has 0 aliphatic carbocycles. The second-order valence-corrected chi connectivity index (χ2v) is 7.85. The second-order valence-electron chi connectivity index (χ2n) is 6.85. The van der Waals surface area contributed by atoms with Gasteiger partial charge in [-0.3, -0.25) is 4.79 Å². The molecule has 29 heavy (non-hydrogen) atoms. The summed E-state index contributed by atoms with van der Waals surface area (Å²) in [5.41, 5.74) is 2.34. The molecule has 6 nitrogen and oxygen atoms in total. The van der Waals surface area contributed by atoms with E-state index in [2.05, 4.69) is 27.1 Å². The smallest absolute Gasteiger partial charge is 0.224 e. The Balaban J connectivity index is 1.50. The molecule has 1 aliphatic heterocycles. The summed E-state index contributed by atoms with van der Waals surface area (Å²) < 4.78 is 5.67. The molecule has 7 heteroatoms. The van der Waals surface area contributed by atoms with Gasteiger partial charge in [0.1, 0.15) is 5.75 Å². The minimum Gasteiger partial charge on any atom is -0.494 e. The number of nitrogens with zero attached hydrogens (tertiary/aromatic N) is 2. The fourth-order valence-corrected chi connectivity index (χ4v) is 4.23. The van der Waals surface area contributed by atoms with E-state index in [4.69, 9.17) is 4.74 Å². The lowest BCUT2D eigenvalue weighted by Crippen LogP contribution is -2.41. The Morgan fingerprint density at radius 1 is 1.24 bits per heavy atom. The zero-order valence-electron chi connectivity index (χ0n) is 17.2. The fourth-order valence-electron chi connectivity index (χ4n) is 3.34. The van der Waals surface area contributed by atoms with Crippen LogP contribution in [0.1, 0.15) is 36.3 Å². The minimum atomic E-state index is 0.187. The molecule has 0 saturated carbocycles. The van der Waals surface area contributed by atoms with Gasteiger partial charge in [-0.05, 0) is 43.3 Å². The highest BCUT2D eigenvalue weighted by Crippen LogP contribution is 2.24. The van der Waals surface area contributed by atoms with E-state index in [9.17, 15) is 4.79 Å². The van der Waals surface area contributed by atoms with Crippen LogP contribution in [0, 0.1) is 0 Å². The number of para-hydroxylation sites is 1. The number of thiophene rings is 1. The van der Waals surface area contributed by atoms with Crippen molar-refractivity contribution in [3.8, 4) is 5.75 Å². The Bertz CT molecular complexity index is 834. The predicted molar refractivity (Wildman–Crippen MR) is 118 cm³/mol. The van der Waals surface area contributed by atoms with Crippen LogP contribution in [0.3, 0.4) is 0 Å². The number of nitrogens with one attached hydrogen (secondary N) is 2. The van der Waals surface area contributed by atoms with Gasteiger partial charge in [0.2, 0.25) is 5.91 Å². The molecule has 0 radical (unpaired) electrons. The van der Waals surface area contributed by atoms with Gasteiger partial charge in [0, 0.05) is 43.0 Å². The number of fused-ring (bicyclic) bond motifs is 1. The van der Waals surface area contributed by atoms with Crippen molar-refractivity contribution in [2.75, 3.05) is 26.2 Å². The Morgan fingerprint density at radius 2 is 2.10 bits per heavy atom. The van der Waals surface area contributed by atoms with Crippen LogP contribution in [-0.4, -0.2) is 43.0 Å². The van der Waals surface area contributed by atoms with Gasteiger partial charge in [0.25, 0.3) is 0 Å². The molecule has 1 aromatic carbocycles. The maximum Gasteiger partial charge on any atom is 0.224 e. The van der Waals surface area contributed by atoms with Gasteiger partial charge < -0.3 is 20.3 Å². The van der Waals surface area contributed by atoms with Gasteiger partial charge in [0.05, 0.1) is 13.2 Å². The molecule has 1 amide bonds. The van der Waals surface area contributed by atoms with Crippen LogP contribution in [0.15, 0.2) is 40.7 Å². The average molecular weight is 415 g/mol. The number of benzene rings is 1. The highest BCUT2D eigenvalue weighted by molar-refractivity contribution is 7.10. The van der Waals surface area contributed by atoms with Crippen LogP contribution >= 0.6 is 11.3 Å². The first-order valence-electron chi connectivity index (χ1n) is 10.3. The average Bonchev–Trinajstić information content (AvgIpc) is 3.21. The van der Waals surface area contributed by atoms with Gasteiger partial charge >= 0.3 is 0 Å². The number of aliphatic imine (C=N–C) groups is 1. The number of carbonyl (C=O) groups is 1. The molecule has 156 valence electrons. The zero-order valence-corrected chi connectivity index (χ0v) is 18.1. The Morgan fingerprint density at radius 3 is 2.93 bits per heavy atom. The quantitative estimate of drug-likeness (QED) is 0.514. The van der Waals surface area contributed by atoms with Gasteiger partial charge in [-0.15, -0.1) is 11.3 Å². The molecule has 0 saturated heterocycles. The molecular weight excluding hydrogens is 384 g/mol. The van der Waals surface area contributed by atoms with Crippen molar-refractivity contribution in [2.24, 2.45) is 4.99 Å². The first-order chi connectivity index (χ1) is 14.2. The van der Waals surface area contributed by atoms with Crippen molar-refractivity contribution < 1.29 is 9.53 Å². The lowest BCUT2D eigenvalue weighted by atomic mass is 10.1. The van der Waals surface area contributed by atoms with Crippen molar-refractivity contribution in [3.05, 3.63) is 51.7 Å². The Kier molecular flexibility index (Phi) is 7.93. The van der Waals surface area contributed by atoms with Gasteiger partial charge in [-0.2, -0.15) is 0 Å². The van der Waals surface area contributed by atoms with E-state index in [1.165, 1.54) is 10.4 Å². The molecule has 0 unspecified atom stereocenters. The van der Waals surface area contributed by atoms with Gasteiger partial charge in [0.15, 0.2) is 5.96 Å².